The lowest BCUT2D eigenvalue weighted by Gasteiger charge is -2.24. The van der Waals surface area contributed by atoms with Crippen molar-refractivity contribution in [3.63, 3.8) is 0 Å². The summed E-state index contributed by atoms with van der Waals surface area (Å²) in [5.74, 6) is 0.263. The van der Waals surface area contributed by atoms with Gasteiger partial charge in [-0.25, -0.2) is 4.98 Å². The third-order valence-electron chi connectivity index (χ3n) is 3.74. The Labute approximate surface area is 139 Å². The van der Waals surface area contributed by atoms with Crippen molar-refractivity contribution >= 4 is 34.9 Å². The number of thiazole rings is 1. The predicted molar refractivity (Wildman–Crippen MR) is 90.1 cm³/mol. The Kier molecular flexibility index (Phi) is 6.70. The zero-order valence-corrected chi connectivity index (χ0v) is 14.6. The second kappa shape index (κ2) is 8.53. The average Bonchev–Trinajstić information content (AvgIpc) is 2.75. The van der Waals surface area contributed by atoms with E-state index >= 15 is 0 Å². The third kappa shape index (κ3) is 5.28. The summed E-state index contributed by atoms with van der Waals surface area (Å²) in [6.45, 7) is 3.63. The molecule has 5 nitrogen and oxygen atoms in total. The van der Waals surface area contributed by atoms with Crippen molar-refractivity contribution in [1.82, 2.24) is 9.88 Å². The lowest BCUT2D eigenvalue weighted by Crippen LogP contribution is -2.35. The van der Waals surface area contributed by atoms with Gasteiger partial charge in [0.15, 0.2) is 4.34 Å². The Balaban J connectivity index is 1.86. The summed E-state index contributed by atoms with van der Waals surface area (Å²) in [5.41, 5.74) is 6.06. The molecule has 0 spiro atoms. The van der Waals surface area contributed by atoms with Crippen molar-refractivity contribution in [3.05, 3.63) is 10.6 Å². The molecule has 1 saturated heterocycles. The number of aryl methyl sites for hydroxylation is 1. The molecular formula is C15H23N3O2S2. The molecule has 1 aromatic heterocycles. The summed E-state index contributed by atoms with van der Waals surface area (Å²) in [5, 5.41) is 0. The Morgan fingerprint density at radius 3 is 2.50 bits per heavy atom. The van der Waals surface area contributed by atoms with Crippen LogP contribution >= 0.6 is 23.1 Å². The van der Waals surface area contributed by atoms with Gasteiger partial charge >= 0.3 is 0 Å². The summed E-state index contributed by atoms with van der Waals surface area (Å²) in [4.78, 5) is 30.6. The number of hydrogen-bond donors (Lipinski definition) is 1. The number of nitrogens with two attached hydrogens (primary N) is 1. The maximum atomic E-state index is 12.3. The van der Waals surface area contributed by atoms with Crippen LogP contribution in [0.1, 0.15) is 42.7 Å². The molecule has 0 unspecified atom stereocenters. The average molecular weight is 342 g/mol. The van der Waals surface area contributed by atoms with Crippen molar-refractivity contribution in [3.8, 4) is 0 Å². The first-order valence-corrected chi connectivity index (χ1v) is 9.51. The minimum Gasteiger partial charge on any atom is -0.369 e. The fourth-order valence-corrected chi connectivity index (χ4v) is 4.64. The Morgan fingerprint density at radius 2 is 1.86 bits per heavy atom. The fraction of sp³-hybridized carbons (Fsp3) is 0.667. The number of nitrogens with zero attached hydrogens (tertiary/aromatic N) is 2. The SMILES string of the molecule is Cc1nc(SCC(=O)N2CCCCCCC2)sc1CC(N)=O. The van der Waals surface area contributed by atoms with E-state index in [0.717, 1.165) is 40.8 Å². The molecule has 0 saturated carbocycles. The van der Waals surface area contributed by atoms with Gasteiger partial charge in [-0.2, -0.15) is 0 Å². The van der Waals surface area contributed by atoms with Crippen LogP contribution in [0, 0.1) is 6.92 Å². The number of primary amides is 1. The van der Waals surface area contributed by atoms with Gasteiger partial charge < -0.3 is 10.6 Å². The molecule has 1 aliphatic heterocycles. The normalized spacial score (nSPS) is 16.1. The lowest BCUT2D eigenvalue weighted by atomic mass is 10.1. The minimum atomic E-state index is -0.347. The maximum Gasteiger partial charge on any atom is 0.233 e. The monoisotopic (exact) mass is 341 g/mol. The van der Waals surface area contributed by atoms with Gasteiger partial charge in [0, 0.05) is 18.0 Å². The highest BCUT2D eigenvalue weighted by molar-refractivity contribution is 8.01. The molecular weight excluding hydrogens is 318 g/mol. The zero-order chi connectivity index (χ0) is 15.9. The first-order chi connectivity index (χ1) is 10.6. The van der Waals surface area contributed by atoms with Crippen molar-refractivity contribution in [2.75, 3.05) is 18.8 Å². The fourth-order valence-electron chi connectivity index (χ4n) is 2.50. The first-order valence-electron chi connectivity index (χ1n) is 7.71. The Morgan fingerprint density at radius 1 is 1.23 bits per heavy atom. The van der Waals surface area contributed by atoms with Crippen LogP contribution < -0.4 is 5.73 Å². The molecule has 0 radical (unpaired) electrons. The molecule has 0 atom stereocenters. The number of aromatic nitrogens is 1. The topological polar surface area (TPSA) is 76.3 Å². The second-order valence-electron chi connectivity index (χ2n) is 5.57. The number of hydrogen-bond acceptors (Lipinski definition) is 5. The van der Waals surface area contributed by atoms with Gasteiger partial charge in [-0.15, -0.1) is 11.3 Å². The molecule has 22 heavy (non-hydrogen) atoms. The second-order valence-corrected chi connectivity index (χ2v) is 7.87. The Hall–Kier alpha value is -1.08. The molecule has 0 aromatic carbocycles. The largest absolute Gasteiger partial charge is 0.369 e. The van der Waals surface area contributed by atoms with E-state index in [9.17, 15) is 9.59 Å². The molecule has 2 N–H and O–H groups in total. The zero-order valence-electron chi connectivity index (χ0n) is 13.0. The van der Waals surface area contributed by atoms with Crippen LogP contribution in [0.3, 0.4) is 0 Å². The number of rotatable bonds is 5. The number of carbonyl (C=O) groups is 2. The van der Waals surface area contributed by atoms with E-state index < -0.39 is 0 Å². The van der Waals surface area contributed by atoms with E-state index in [1.165, 1.54) is 42.4 Å². The molecule has 0 bridgehead atoms. The standard InChI is InChI=1S/C15H23N3O2S2/c1-11-12(9-13(16)19)22-15(17-11)21-10-14(20)18-7-5-3-2-4-6-8-18/h2-10H2,1H3,(H2,16,19). The molecule has 0 aliphatic carbocycles. The number of likely N-dealkylation sites (tertiary alicyclic amines) is 1. The van der Waals surface area contributed by atoms with Crippen LogP contribution in [-0.4, -0.2) is 40.5 Å². The van der Waals surface area contributed by atoms with E-state index in [-0.39, 0.29) is 18.2 Å². The summed E-state index contributed by atoms with van der Waals surface area (Å²) in [6.07, 6.45) is 6.17. The van der Waals surface area contributed by atoms with E-state index in [2.05, 4.69) is 4.98 Å². The molecule has 1 aromatic rings. The molecule has 2 rings (SSSR count). The van der Waals surface area contributed by atoms with Gasteiger partial charge in [-0.3, -0.25) is 9.59 Å². The van der Waals surface area contributed by atoms with Gasteiger partial charge in [0.1, 0.15) is 0 Å². The smallest absolute Gasteiger partial charge is 0.233 e. The van der Waals surface area contributed by atoms with E-state index in [0.29, 0.717) is 5.75 Å². The van der Waals surface area contributed by atoms with Crippen molar-refractivity contribution in [1.29, 1.82) is 0 Å². The highest BCUT2D eigenvalue weighted by atomic mass is 32.2. The van der Waals surface area contributed by atoms with Gasteiger partial charge in [0.05, 0.1) is 17.9 Å². The van der Waals surface area contributed by atoms with Gasteiger partial charge in [-0.05, 0) is 19.8 Å². The van der Waals surface area contributed by atoms with Gasteiger partial charge in [0.2, 0.25) is 11.8 Å². The summed E-state index contributed by atoms with van der Waals surface area (Å²) < 4.78 is 0.842. The molecule has 122 valence electrons. The molecule has 1 aliphatic rings. The van der Waals surface area contributed by atoms with Crippen LogP contribution in [0.4, 0.5) is 0 Å². The first kappa shape index (κ1) is 17.3. The molecule has 2 amide bonds. The maximum absolute atomic E-state index is 12.3. The number of thioether (sulfide) groups is 1. The van der Waals surface area contributed by atoms with Crippen molar-refractivity contribution < 1.29 is 9.59 Å². The van der Waals surface area contributed by atoms with Crippen LogP contribution in [0.5, 0.6) is 0 Å². The number of carbonyl (C=O) groups excluding carboxylic acids is 2. The predicted octanol–water partition coefficient (Wildman–Crippen LogP) is 2.36. The lowest BCUT2D eigenvalue weighted by molar-refractivity contribution is -0.128. The summed E-state index contributed by atoms with van der Waals surface area (Å²) >= 11 is 2.92. The summed E-state index contributed by atoms with van der Waals surface area (Å²) in [7, 11) is 0. The van der Waals surface area contributed by atoms with Gasteiger partial charge in [-0.1, -0.05) is 31.0 Å². The Bertz CT molecular complexity index is 523. The van der Waals surface area contributed by atoms with E-state index in [1.807, 2.05) is 11.8 Å². The van der Waals surface area contributed by atoms with Crippen molar-refractivity contribution in [2.24, 2.45) is 5.73 Å². The number of amides is 2. The minimum absolute atomic E-state index is 0.191. The third-order valence-corrected chi connectivity index (χ3v) is 6.02. The van der Waals surface area contributed by atoms with Crippen LogP contribution in [0.25, 0.3) is 0 Å². The van der Waals surface area contributed by atoms with Crippen LogP contribution in [-0.2, 0) is 16.0 Å². The van der Waals surface area contributed by atoms with Gasteiger partial charge in [0.25, 0.3) is 0 Å². The molecule has 2 heterocycles. The van der Waals surface area contributed by atoms with Crippen LogP contribution in [0.2, 0.25) is 0 Å². The van der Waals surface area contributed by atoms with Crippen LogP contribution in [0.15, 0.2) is 4.34 Å². The molecule has 7 heteroatoms. The highest BCUT2D eigenvalue weighted by Crippen LogP contribution is 2.27. The van der Waals surface area contributed by atoms with Crippen molar-refractivity contribution in [2.45, 2.75) is 49.8 Å². The highest BCUT2D eigenvalue weighted by Gasteiger charge is 2.17. The van der Waals surface area contributed by atoms with E-state index in [4.69, 9.17) is 5.73 Å². The van der Waals surface area contributed by atoms with E-state index in [1.54, 1.807) is 0 Å². The summed E-state index contributed by atoms with van der Waals surface area (Å²) in [6, 6.07) is 0. The molecule has 1 fully saturated rings. The quantitative estimate of drug-likeness (QED) is 0.834.